The molecular formula is C14H19NO. The highest BCUT2D eigenvalue weighted by atomic mass is 16.1. The Morgan fingerprint density at radius 1 is 1.44 bits per heavy atom. The number of hydrogen-bond acceptors (Lipinski definition) is 2. The maximum Gasteiger partial charge on any atom is 0.164 e. The summed E-state index contributed by atoms with van der Waals surface area (Å²) < 4.78 is 0. The van der Waals surface area contributed by atoms with Gasteiger partial charge in [-0.15, -0.1) is 0 Å². The van der Waals surface area contributed by atoms with Crippen LogP contribution in [0.15, 0.2) is 24.3 Å². The van der Waals surface area contributed by atoms with Gasteiger partial charge in [-0.3, -0.25) is 4.79 Å². The number of carbonyl (C=O) groups excluding carboxylic acids is 1. The van der Waals surface area contributed by atoms with Gasteiger partial charge in [0.2, 0.25) is 0 Å². The molecule has 2 N–H and O–H groups in total. The summed E-state index contributed by atoms with van der Waals surface area (Å²) >= 11 is 0. The van der Waals surface area contributed by atoms with E-state index in [1.54, 1.807) is 0 Å². The Labute approximate surface area is 96.8 Å². The van der Waals surface area contributed by atoms with E-state index in [-0.39, 0.29) is 11.3 Å². The van der Waals surface area contributed by atoms with Crippen molar-refractivity contribution in [2.24, 2.45) is 5.73 Å². The van der Waals surface area contributed by atoms with Crippen LogP contribution in [0.1, 0.15) is 48.5 Å². The first-order chi connectivity index (χ1) is 7.63. The minimum absolute atomic E-state index is 0.192. The van der Waals surface area contributed by atoms with Gasteiger partial charge in [-0.1, -0.05) is 25.1 Å². The predicted molar refractivity (Wildman–Crippen MR) is 65.5 cm³/mol. The van der Waals surface area contributed by atoms with Crippen molar-refractivity contribution >= 4 is 5.78 Å². The summed E-state index contributed by atoms with van der Waals surface area (Å²) in [4.78, 5) is 12.0. The molecule has 1 aliphatic rings. The number of carbonyl (C=O) groups is 1. The fourth-order valence-electron chi connectivity index (χ4n) is 2.19. The minimum atomic E-state index is -0.209. The fraction of sp³-hybridized carbons (Fsp3) is 0.500. The van der Waals surface area contributed by atoms with Crippen molar-refractivity contribution in [2.75, 3.05) is 0 Å². The zero-order valence-electron chi connectivity index (χ0n) is 9.83. The van der Waals surface area contributed by atoms with Gasteiger partial charge in [0.05, 0.1) is 0 Å². The van der Waals surface area contributed by atoms with Crippen molar-refractivity contribution in [2.45, 2.75) is 44.6 Å². The van der Waals surface area contributed by atoms with Crippen LogP contribution in [0, 0.1) is 0 Å². The van der Waals surface area contributed by atoms with Crippen molar-refractivity contribution in [3.05, 3.63) is 35.4 Å². The molecule has 2 rings (SSSR count). The van der Waals surface area contributed by atoms with Gasteiger partial charge in [-0.2, -0.15) is 0 Å². The van der Waals surface area contributed by atoms with Gasteiger partial charge >= 0.3 is 0 Å². The van der Waals surface area contributed by atoms with Crippen molar-refractivity contribution in [3.63, 3.8) is 0 Å². The Morgan fingerprint density at radius 3 is 2.75 bits per heavy atom. The van der Waals surface area contributed by atoms with Crippen molar-refractivity contribution in [1.29, 1.82) is 0 Å². The number of Topliss-reactive ketones (excluding diaryl/α,β-unsaturated/α-hetero) is 1. The Bertz CT molecular complexity index is 393. The van der Waals surface area contributed by atoms with Crippen LogP contribution < -0.4 is 5.73 Å². The van der Waals surface area contributed by atoms with E-state index in [2.05, 4.69) is 13.0 Å². The topological polar surface area (TPSA) is 43.1 Å². The van der Waals surface area contributed by atoms with Crippen molar-refractivity contribution in [3.8, 4) is 0 Å². The number of rotatable bonds is 4. The first-order valence-electron chi connectivity index (χ1n) is 6.04. The van der Waals surface area contributed by atoms with Gasteiger partial charge in [0.1, 0.15) is 0 Å². The summed E-state index contributed by atoms with van der Waals surface area (Å²) in [5.41, 5.74) is 7.91. The highest BCUT2D eigenvalue weighted by Gasteiger charge is 2.34. The maximum absolute atomic E-state index is 12.0. The molecule has 0 atom stereocenters. The second kappa shape index (κ2) is 4.38. The summed E-state index contributed by atoms with van der Waals surface area (Å²) in [6.45, 7) is 2.10. The van der Waals surface area contributed by atoms with E-state index in [4.69, 9.17) is 5.73 Å². The molecule has 2 nitrogen and oxygen atoms in total. The van der Waals surface area contributed by atoms with Crippen LogP contribution in [0.4, 0.5) is 0 Å². The predicted octanol–water partition coefficient (Wildman–Crippen LogP) is 2.70. The van der Waals surface area contributed by atoms with Gasteiger partial charge < -0.3 is 5.73 Å². The minimum Gasteiger partial charge on any atom is -0.325 e. The van der Waals surface area contributed by atoms with E-state index in [0.717, 1.165) is 24.8 Å². The van der Waals surface area contributed by atoms with Crippen LogP contribution in [-0.4, -0.2) is 11.3 Å². The monoisotopic (exact) mass is 217 g/mol. The summed E-state index contributed by atoms with van der Waals surface area (Å²) in [7, 11) is 0. The summed E-state index contributed by atoms with van der Waals surface area (Å²) in [5.74, 6) is 0.192. The molecule has 2 heteroatoms. The van der Waals surface area contributed by atoms with Crippen LogP contribution in [0.3, 0.4) is 0 Å². The lowest BCUT2D eigenvalue weighted by molar-refractivity contribution is 0.0912. The van der Waals surface area contributed by atoms with Crippen LogP contribution in [-0.2, 0) is 6.42 Å². The summed E-state index contributed by atoms with van der Waals surface area (Å²) in [6, 6.07) is 7.89. The van der Waals surface area contributed by atoms with E-state index in [1.807, 2.05) is 18.2 Å². The molecule has 0 heterocycles. The lowest BCUT2D eigenvalue weighted by Crippen LogP contribution is -2.48. The van der Waals surface area contributed by atoms with E-state index in [0.29, 0.717) is 6.42 Å². The number of ketones is 1. The maximum atomic E-state index is 12.0. The molecule has 0 bridgehead atoms. The van der Waals surface area contributed by atoms with E-state index < -0.39 is 0 Å². The molecule has 1 aromatic rings. The smallest absolute Gasteiger partial charge is 0.164 e. The van der Waals surface area contributed by atoms with Crippen LogP contribution in [0.2, 0.25) is 0 Å². The number of hydrogen-bond donors (Lipinski definition) is 1. The van der Waals surface area contributed by atoms with Gasteiger partial charge in [-0.05, 0) is 37.3 Å². The number of aryl methyl sites for hydroxylation is 1. The first kappa shape index (κ1) is 11.3. The van der Waals surface area contributed by atoms with Gasteiger partial charge in [0.15, 0.2) is 5.78 Å². The number of nitrogens with two attached hydrogens (primary N) is 1. The molecule has 0 unspecified atom stereocenters. The SMILES string of the molecule is CCc1cccc(C(=O)CC2(N)CCC2)c1. The average molecular weight is 217 g/mol. The molecule has 0 aliphatic heterocycles. The van der Waals surface area contributed by atoms with E-state index in [1.165, 1.54) is 12.0 Å². The second-order valence-electron chi connectivity index (χ2n) is 4.87. The highest BCUT2D eigenvalue weighted by Crippen LogP contribution is 2.33. The largest absolute Gasteiger partial charge is 0.325 e. The van der Waals surface area contributed by atoms with Crippen LogP contribution in [0.5, 0.6) is 0 Å². The van der Waals surface area contributed by atoms with E-state index in [9.17, 15) is 4.79 Å². The Hall–Kier alpha value is -1.15. The Morgan fingerprint density at radius 2 is 2.19 bits per heavy atom. The molecule has 0 saturated heterocycles. The van der Waals surface area contributed by atoms with Crippen LogP contribution in [0.25, 0.3) is 0 Å². The Balaban J connectivity index is 2.08. The molecule has 0 spiro atoms. The lowest BCUT2D eigenvalue weighted by Gasteiger charge is -2.37. The fourth-order valence-corrected chi connectivity index (χ4v) is 2.19. The Kier molecular flexibility index (Phi) is 3.10. The highest BCUT2D eigenvalue weighted by molar-refractivity contribution is 5.97. The third-order valence-corrected chi connectivity index (χ3v) is 3.52. The molecule has 0 aromatic heterocycles. The van der Waals surface area contributed by atoms with Crippen molar-refractivity contribution in [1.82, 2.24) is 0 Å². The van der Waals surface area contributed by atoms with Gasteiger partial charge in [0, 0.05) is 17.5 Å². The average Bonchev–Trinajstić information content (AvgIpc) is 2.27. The zero-order valence-corrected chi connectivity index (χ0v) is 9.83. The quantitative estimate of drug-likeness (QED) is 0.788. The van der Waals surface area contributed by atoms with Gasteiger partial charge in [0.25, 0.3) is 0 Å². The molecule has 1 saturated carbocycles. The molecule has 0 amide bonds. The summed E-state index contributed by atoms with van der Waals surface area (Å²) in [5, 5.41) is 0. The standard InChI is InChI=1S/C14H19NO/c1-2-11-5-3-6-12(9-11)13(16)10-14(15)7-4-8-14/h3,5-6,9H,2,4,7-8,10,15H2,1H3. The molecule has 0 radical (unpaired) electrons. The lowest BCUT2D eigenvalue weighted by atomic mass is 9.74. The second-order valence-corrected chi connectivity index (χ2v) is 4.87. The number of benzene rings is 1. The molecule has 16 heavy (non-hydrogen) atoms. The zero-order chi connectivity index (χ0) is 11.6. The third kappa shape index (κ3) is 2.33. The molecule has 86 valence electrons. The first-order valence-corrected chi connectivity index (χ1v) is 6.04. The van der Waals surface area contributed by atoms with Crippen molar-refractivity contribution < 1.29 is 4.79 Å². The molecule has 1 fully saturated rings. The summed E-state index contributed by atoms with van der Waals surface area (Å²) in [6.07, 6.45) is 4.62. The molecular weight excluding hydrogens is 198 g/mol. The normalized spacial score (nSPS) is 17.9. The third-order valence-electron chi connectivity index (χ3n) is 3.52. The van der Waals surface area contributed by atoms with Gasteiger partial charge in [-0.25, -0.2) is 0 Å². The molecule has 1 aromatic carbocycles. The van der Waals surface area contributed by atoms with E-state index >= 15 is 0 Å². The van der Waals surface area contributed by atoms with Crippen LogP contribution >= 0.6 is 0 Å². The molecule has 1 aliphatic carbocycles.